The number of nitrogens with zero attached hydrogens (tertiary/aromatic N) is 3. The smallest absolute Gasteiger partial charge is 0.223 e. The van der Waals surface area contributed by atoms with Crippen molar-refractivity contribution < 1.29 is 9.50 Å². The van der Waals surface area contributed by atoms with Gasteiger partial charge in [-0.25, -0.2) is 19.3 Å². The molecule has 0 radical (unpaired) electrons. The summed E-state index contributed by atoms with van der Waals surface area (Å²) in [5.41, 5.74) is 3.00. The number of nitrogens with one attached hydrogen (secondary N) is 2. The van der Waals surface area contributed by atoms with Crippen LogP contribution >= 0.6 is 0 Å². The summed E-state index contributed by atoms with van der Waals surface area (Å²) in [6, 6.07) is 6.44. The number of pyridine rings is 1. The fourth-order valence-corrected chi connectivity index (χ4v) is 4.12. The van der Waals surface area contributed by atoms with Crippen LogP contribution in [-0.2, 0) is 6.54 Å². The molecular weight excluding hydrogens is 393 g/mol. The first kappa shape index (κ1) is 21.4. The Balaban J connectivity index is 1.63. The number of hydrogen-bond donors (Lipinski definition) is 3. The van der Waals surface area contributed by atoms with Gasteiger partial charge in [0.15, 0.2) is 0 Å². The van der Waals surface area contributed by atoms with Crippen molar-refractivity contribution in [1.82, 2.24) is 15.0 Å². The van der Waals surface area contributed by atoms with Crippen LogP contribution in [0.15, 0.2) is 36.7 Å². The minimum atomic E-state index is -0.245. The van der Waals surface area contributed by atoms with Gasteiger partial charge >= 0.3 is 0 Å². The molecule has 4 rings (SSSR count). The van der Waals surface area contributed by atoms with E-state index in [1.807, 2.05) is 12.4 Å². The molecule has 0 unspecified atom stereocenters. The number of rotatable bonds is 8. The van der Waals surface area contributed by atoms with Crippen LogP contribution in [0.25, 0.3) is 10.9 Å². The Bertz CT molecular complexity index is 1000. The molecule has 0 saturated heterocycles. The first-order chi connectivity index (χ1) is 15.1. The van der Waals surface area contributed by atoms with E-state index in [9.17, 15) is 9.50 Å². The van der Waals surface area contributed by atoms with Gasteiger partial charge in [-0.05, 0) is 55.7 Å². The number of hydrogen-bond acceptors (Lipinski definition) is 6. The van der Waals surface area contributed by atoms with Gasteiger partial charge in [-0.3, -0.25) is 0 Å². The van der Waals surface area contributed by atoms with Crippen molar-refractivity contribution >= 4 is 22.7 Å². The minimum Gasteiger partial charge on any atom is -0.393 e. The molecule has 3 aromatic rings. The van der Waals surface area contributed by atoms with Crippen LogP contribution in [0.1, 0.15) is 62.5 Å². The molecule has 1 fully saturated rings. The van der Waals surface area contributed by atoms with Gasteiger partial charge in [0.25, 0.3) is 0 Å². The average molecular weight is 424 g/mol. The lowest BCUT2D eigenvalue weighted by molar-refractivity contribution is 0.122. The number of aliphatic hydroxyl groups excluding tert-OH is 1. The van der Waals surface area contributed by atoms with Crippen molar-refractivity contribution in [2.24, 2.45) is 0 Å². The first-order valence-corrected chi connectivity index (χ1v) is 11.2. The van der Waals surface area contributed by atoms with Crippen molar-refractivity contribution in [1.29, 1.82) is 0 Å². The van der Waals surface area contributed by atoms with E-state index in [-0.39, 0.29) is 11.9 Å². The zero-order chi connectivity index (χ0) is 21.6. The fraction of sp³-hybridized carbons (Fsp3) is 0.458. The topological polar surface area (TPSA) is 83.0 Å². The van der Waals surface area contributed by atoms with Gasteiger partial charge in [0.05, 0.1) is 17.0 Å². The van der Waals surface area contributed by atoms with Crippen LogP contribution in [0, 0.1) is 5.82 Å². The lowest BCUT2D eigenvalue weighted by Crippen LogP contribution is -2.18. The second-order valence-electron chi connectivity index (χ2n) is 8.28. The SMILES string of the molecule is CCCCNc1ncc2c(NCc3ccc(F)cc3)ncc(C3CCC(O)CC3)c2n1. The zero-order valence-electron chi connectivity index (χ0n) is 17.9. The predicted molar refractivity (Wildman–Crippen MR) is 122 cm³/mol. The molecule has 2 heterocycles. The Kier molecular flexibility index (Phi) is 6.92. The number of fused-ring (bicyclic) bond motifs is 1. The van der Waals surface area contributed by atoms with Crippen LogP contribution in [0.3, 0.4) is 0 Å². The summed E-state index contributed by atoms with van der Waals surface area (Å²) >= 11 is 0. The third-order valence-electron chi connectivity index (χ3n) is 5.97. The van der Waals surface area contributed by atoms with Gasteiger partial charge in [-0.15, -0.1) is 0 Å². The second-order valence-corrected chi connectivity index (χ2v) is 8.28. The molecule has 164 valence electrons. The monoisotopic (exact) mass is 423 g/mol. The third kappa shape index (κ3) is 5.28. The highest BCUT2D eigenvalue weighted by atomic mass is 19.1. The lowest BCUT2D eigenvalue weighted by Gasteiger charge is -2.26. The van der Waals surface area contributed by atoms with E-state index in [0.29, 0.717) is 18.4 Å². The fourth-order valence-electron chi connectivity index (χ4n) is 4.12. The number of aliphatic hydroxyl groups is 1. The standard InChI is InChI=1S/C24H30FN5O/c1-2-3-12-26-24-29-15-21-22(30-24)20(17-6-10-19(31)11-7-17)14-28-23(21)27-13-16-4-8-18(25)9-5-16/h4-5,8-9,14-15,17,19,31H,2-3,6-7,10-13H2,1H3,(H,27,28)(H,26,29,30). The van der Waals surface area contributed by atoms with Crippen molar-refractivity contribution in [2.45, 2.75) is 64.0 Å². The molecule has 3 N–H and O–H groups in total. The molecule has 0 bridgehead atoms. The molecule has 7 heteroatoms. The first-order valence-electron chi connectivity index (χ1n) is 11.2. The summed E-state index contributed by atoms with van der Waals surface area (Å²) in [7, 11) is 0. The lowest BCUT2D eigenvalue weighted by atomic mass is 9.82. The molecule has 0 spiro atoms. The van der Waals surface area contributed by atoms with E-state index >= 15 is 0 Å². The molecular formula is C24H30FN5O. The van der Waals surface area contributed by atoms with Crippen LogP contribution in [0.4, 0.5) is 16.2 Å². The largest absolute Gasteiger partial charge is 0.393 e. The Morgan fingerprint density at radius 2 is 1.81 bits per heavy atom. The molecule has 2 aromatic heterocycles. The van der Waals surface area contributed by atoms with Gasteiger partial charge in [-0.2, -0.15) is 0 Å². The van der Waals surface area contributed by atoms with Gasteiger partial charge in [0.2, 0.25) is 5.95 Å². The van der Waals surface area contributed by atoms with E-state index in [1.165, 1.54) is 12.1 Å². The van der Waals surface area contributed by atoms with Crippen molar-refractivity contribution in [2.75, 3.05) is 17.2 Å². The van der Waals surface area contributed by atoms with Crippen LogP contribution in [0.5, 0.6) is 0 Å². The van der Waals surface area contributed by atoms with Crippen molar-refractivity contribution in [3.05, 3.63) is 53.6 Å². The highest BCUT2D eigenvalue weighted by Gasteiger charge is 2.24. The third-order valence-corrected chi connectivity index (χ3v) is 5.97. The Hall–Kier alpha value is -2.80. The van der Waals surface area contributed by atoms with E-state index in [2.05, 4.69) is 22.5 Å². The molecule has 1 aliphatic rings. The van der Waals surface area contributed by atoms with Crippen LogP contribution in [-0.4, -0.2) is 32.7 Å². The van der Waals surface area contributed by atoms with E-state index < -0.39 is 0 Å². The highest BCUT2D eigenvalue weighted by Crippen LogP contribution is 2.37. The molecule has 1 saturated carbocycles. The molecule has 0 atom stereocenters. The summed E-state index contributed by atoms with van der Waals surface area (Å²) in [5, 5.41) is 17.5. The average Bonchev–Trinajstić information content (AvgIpc) is 2.79. The maximum atomic E-state index is 13.2. The van der Waals surface area contributed by atoms with E-state index in [1.54, 1.807) is 12.1 Å². The number of benzene rings is 1. The van der Waals surface area contributed by atoms with E-state index in [4.69, 9.17) is 9.97 Å². The van der Waals surface area contributed by atoms with Gasteiger partial charge in [0.1, 0.15) is 11.6 Å². The summed E-state index contributed by atoms with van der Waals surface area (Å²) < 4.78 is 13.2. The number of halogens is 1. The minimum absolute atomic E-state index is 0.201. The van der Waals surface area contributed by atoms with Gasteiger partial charge in [0, 0.05) is 31.0 Å². The van der Waals surface area contributed by atoms with Gasteiger partial charge in [-0.1, -0.05) is 25.5 Å². The summed E-state index contributed by atoms with van der Waals surface area (Å²) in [6.07, 6.45) is 9.21. The molecule has 0 aliphatic heterocycles. The maximum absolute atomic E-state index is 13.2. The predicted octanol–water partition coefficient (Wildman–Crippen LogP) is 5.01. The van der Waals surface area contributed by atoms with Crippen molar-refractivity contribution in [3.63, 3.8) is 0 Å². The van der Waals surface area contributed by atoms with Crippen LogP contribution < -0.4 is 10.6 Å². The quantitative estimate of drug-likeness (QED) is 0.442. The van der Waals surface area contributed by atoms with Crippen molar-refractivity contribution in [3.8, 4) is 0 Å². The summed E-state index contributed by atoms with van der Waals surface area (Å²) in [6.45, 7) is 3.53. The number of anilines is 2. The maximum Gasteiger partial charge on any atom is 0.223 e. The van der Waals surface area contributed by atoms with E-state index in [0.717, 1.165) is 72.9 Å². The molecule has 31 heavy (non-hydrogen) atoms. The Morgan fingerprint density at radius 3 is 2.55 bits per heavy atom. The summed E-state index contributed by atoms with van der Waals surface area (Å²) in [4.78, 5) is 14.1. The molecule has 1 aromatic carbocycles. The zero-order valence-corrected chi connectivity index (χ0v) is 17.9. The highest BCUT2D eigenvalue weighted by molar-refractivity contribution is 5.91. The number of aromatic nitrogens is 3. The Morgan fingerprint density at radius 1 is 1.03 bits per heavy atom. The normalized spacial score (nSPS) is 18.8. The molecule has 0 amide bonds. The van der Waals surface area contributed by atoms with Crippen LogP contribution in [0.2, 0.25) is 0 Å². The second kappa shape index (κ2) is 10.0. The Labute approximate surface area is 182 Å². The summed E-state index contributed by atoms with van der Waals surface area (Å²) in [5.74, 6) is 1.45. The van der Waals surface area contributed by atoms with Gasteiger partial charge < -0.3 is 15.7 Å². The molecule has 1 aliphatic carbocycles. The number of unbranched alkanes of at least 4 members (excludes halogenated alkanes) is 1. The molecule has 6 nitrogen and oxygen atoms in total.